The van der Waals surface area contributed by atoms with Gasteiger partial charge in [-0.05, 0) is 24.7 Å². The molecule has 3 heteroatoms. The van der Waals surface area contributed by atoms with E-state index in [9.17, 15) is 0 Å². The van der Waals surface area contributed by atoms with E-state index in [1.807, 2.05) is 0 Å². The summed E-state index contributed by atoms with van der Waals surface area (Å²) in [4.78, 5) is 2.66. The molecule has 0 aromatic heterocycles. The van der Waals surface area contributed by atoms with Crippen LogP contribution in [0.1, 0.15) is 53.9 Å². The highest BCUT2D eigenvalue weighted by Crippen LogP contribution is 2.16. The largest absolute Gasteiger partial charge is 0.380 e. The summed E-state index contributed by atoms with van der Waals surface area (Å²) in [6.45, 7) is 16.5. The van der Waals surface area contributed by atoms with Crippen LogP contribution in [-0.2, 0) is 4.74 Å². The normalized spacial score (nSPS) is 24.8. The predicted octanol–water partition coefficient (Wildman–Crippen LogP) is 3.15. The van der Waals surface area contributed by atoms with Crippen molar-refractivity contribution in [1.29, 1.82) is 0 Å². The van der Waals surface area contributed by atoms with E-state index in [2.05, 4.69) is 44.8 Å². The second-order valence-corrected chi connectivity index (χ2v) is 7.14. The van der Waals surface area contributed by atoms with Crippen molar-refractivity contribution in [2.75, 3.05) is 32.8 Å². The monoisotopic (exact) mass is 284 g/mol. The van der Waals surface area contributed by atoms with Crippen molar-refractivity contribution in [3.63, 3.8) is 0 Å². The molecule has 2 atom stereocenters. The van der Waals surface area contributed by atoms with Crippen LogP contribution < -0.4 is 5.32 Å². The summed E-state index contributed by atoms with van der Waals surface area (Å²) in [6, 6.07) is 1.36. The van der Waals surface area contributed by atoms with E-state index in [-0.39, 0.29) is 0 Å². The Bertz CT molecular complexity index is 243. The standard InChI is InChI=1S/C17H36N2O/c1-6-7-17-11-18-16(10-14(2)3)12-19(17)8-9-20-13-15(4)5/h14-18H,6-13H2,1-5H3. The lowest BCUT2D eigenvalue weighted by atomic mass is 9.98. The molecule has 0 spiro atoms. The Morgan fingerprint density at radius 1 is 1.20 bits per heavy atom. The lowest BCUT2D eigenvalue weighted by molar-refractivity contribution is 0.0503. The molecule has 1 saturated heterocycles. The fraction of sp³-hybridized carbons (Fsp3) is 1.00. The Labute approximate surface area is 126 Å². The molecule has 1 N–H and O–H groups in total. The Morgan fingerprint density at radius 2 is 1.95 bits per heavy atom. The van der Waals surface area contributed by atoms with Crippen molar-refractivity contribution in [3.8, 4) is 0 Å². The first-order chi connectivity index (χ1) is 9.52. The fourth-order valence-corrected chi connectivity index (χ4v) is 3.05. The Morgan fingerprint density at radius 3 is 2.55 bits per heavy atom. The number of hydrogen-bond donors (Lipinski definition) is 1. The Kier molecular flexibility index (Phi) is 8.74. The molecule has 1 rings (SSSR count). The number of ether oxygens (including phenoxy) is 1. The number of rotatable bonds is 9. The summed E-state index contributed by atoms with van der Waals surface area (Å²) < 4.78 is 5.78. The number of piperazine rings is 1. The van der Waals surface area contributed by atoms with Crippen LogP contribution in [0.5, 0.6) is 0 Å². The molecule has 0 bridgehead atoms. The van der Waals surface area contributed by atoms with E-state index in [0.717, 1.165) is 32.2 Å². The van der Waals surface area contributed by atoms with Crippen LogP contribution in [0.15, 0.2) is 0 Å². The third kappa shape index (κ3) is 7.05. The van der Waals surface area contributed by atoms with Crippen molar-refractivity contribution in [3.05, 3.63) is 0 Å². The van der Waals surface area contributed by atoms with Gasteiger partial charge in [-0.1, -0.05) is 41.0 Å². The van der Waals surface area contributed by atoms with Gasteiger partial charge in [0.2, 0.25) is 0 Å². The molecule has 20 heavy (non-hydrogen) atoms. The third-order valence-electron chi connectivity index (χ3n) is 3.97. The molecule has 0 aromatic rings. The first-order valence-electron chi connectivity index (χ1n) is 8.58. The molecule has 0 amide bonds. The van der Waals surface area contributed by atoms with E-state index < -0.39 is 0 Å². The highest BCUT2D eigenvalue weighted by atomic mass is 16.5. The van der Waals surface area contributed by atoms with Crippen molar-refractivity contribution in [2.45, 2.75) is 66.0 Å². The molecule has 1 aliphatic rings. The van der Waals surface area contributed by atoms with Crippen molar-refractivity contribution >= 4 is 0 Å². The quantitative estimate of drug-likeness (QED) is 0.658. The predicted molar refractivity (Wildman–Crippen MR) is 87.2 cm³/mol. The van der Waals surface area contributed by atoms with Crippen LogP contribution >= 0.6 is 0 Å². The summed E-state index contributed by atoms with van der Waals surface area (Å²) in [6.07, 6.45) is 3.85. The van der Waals surface area contributed by atoms with Crippen molar-refractivity contribution < 1.29 is 4.74 Å². The highest BCUT2D eigenvalue weighted by Gasteiger charge is 2.27. The highest BCUT2D eigenvalue weighted by molar-refractivity contribution is 4.86. The average Bonchev–Trinajstić information content (AvgIpc) is 2.36. The SMILES string of the molecule is CCCC1CNC(CC(C)C)CN1CCOCC(C)C. The molecular weight excluding hydrogens is 248 g/mol. The topological polar surface area (TPSA) is 24.5 Å². The molecule has 3 nitrogen and oxygen atoms in total. The minimum absolute atomic E-state index is 0.637. The maximum atomic E-state index is 5.78. The third-order valence-corrected chi connectivity index (χ3v) is 3.97. The van der Waals surface area contributed by atoms with Gasteiger partial charge >= 0.3 is 0 Å². The summed E-state index contributed by atoms with van der Waals surface area (Å²) in [5.74, 6) is 1.41. The zero-order chi connectivity index (χ0) is 15.0. The van der Waals surface area contributed by atoms with Gasteiger partial charge in [-0.25, -0.2) is 0 Å². The van der Waals surface area contributed by atoms with Crippen LogP contribution in [0.2, 0.25) is 0 Å². The van der Waals surface area contributed by atoms with Crippen LogP contribution in [-0.4, -0.2) is 49.8 Å². The minimum Gasteiger partial charge on any atom is -0.380 e. The van der Waals surface area contributed by atoms with E-state index in [1.165, 1.54) is 25.8 Å². The minimum atomic E-state index is 0.637. The second kappa shape index (κ2) is 9.75. The van der Waals surface area contributed by atoms with Gasteiger partial charge in [0.1, 0.15) is 0 Å². The van der Waals surface area contributed by atoms with E-state index in [1.54, 1.807) is 0 Å². The molecule has 1 heterocycles. The molecule has 0 saturated carbocycles. The van der Waals surface area contributed by atoms with Crippen molar-refractivity contribution in [2.24, 2.45) is 11.8 Å². The maximum absolute atomic E-state index is 5.78. The number of nitrogens with zero attached hydrogens (tertiary/aromatic N) is 1. The summed E-state index contributed by atoms with van der Waals surface area (Å²) in [5.41, 5.74) is 0. The molecule has 120 valence electrons. The van der Waals surface area contributed by atoms with Gasteiger partial charge in [0, 0.05) is 38.3 Å². The first kappa shape index (κ1) is 17.9. The molecule has 1 fully saturated rings. The van der Waals surface area contributed by atoms with Gasteiger partial charge in [0.25, 0.3) is 0 Å². The van der Waals surface area contributed by atoms with E-state index >= 15 is 0 Å². The van der Waals surface area contributed by atoms with Gasteiger partial charge in [-0.3, -0.25) is 4.90 Å². The molecular formula is C17H36N2O. The van der Waals surface area contributed by atoms with E-state index in [4.69, 9.17) is 4.74 Å². The first-order valence-corrected chi connectivity index (χ1v) is 8.58. The van der Waals surface area contributed by atoms with Gasteiger partial charge in [-0.15, -0.1) is 0 Å². The van der Waals surface area contributed by atoms with Gasteiger partial charge in [0.15, 0.2) is 0 Å². The summed E-state index contributed by atoms with van der Waals surface area (Å²) in [5, 5.41) is 3.74. The Hall–Kier alpha value is -0.120. The molecule has 0 aromatic carbocycles. The summed E-state index contributed by atoms with van der Waals surface area (Å²) in [7, 11) is 0. The maximum Gasteiger partial charge on any atom is 0.0593 e. The molecule has 1 aliphatic heterocycles. The number of nitrogens with one attached hydrogen (secondary N) is 1. The van der Waals surface area contributed by atoms with Crippen LogP contribution in [0.3, 0.4) is 0 Å². The van der Waals surface area contributed by atoms with Gasteiger partial charge in [0.05, 0.1) is 6.61 Å². The van der Waals surface area contributed by atoms with Crippen LogP contribution in [0.25, 0.3) is 0 Å². The number of hydrogen-bond acceptors (Lipinski definition) is 3. The second-order valence-electron chi connectivity index (χ2n) is 7.14. The smallest absolute Gasteiger partial charge is 0.0593 e. The summed E-state index contributed by atoms with van der Waals surface area (Å²) >= 11 is 0. The van der Waals surface area contributed by atoms with Gasteiger partial charge in [-0.2, -0.15) is 0 Å². The van der Waals surface area contributed by atoms with Crippen molar-refractivity contribution in [1.82, 2.24) is 10.2 Å². The van der Waals surface area contributed by atoms with Crippen LogP contribution in [0.4, 0.5) is 0 Å². The molecule has 0 aliphatic carbocycles. The van der Waals surface area contributed by atoms with Crippen LogP contribution in [0, 0.1) is 11.8 Å². The molecule has 0 radical (unpaired) electrons. The van der Waals surface area contributed by atoms with Gasteiger partial charge < -0.3 is 10.1 Å². The zero-order valence-corrected chi connectivity index (χ0v) is 14.3. The average molecular weight is 284 g/mol. The van der Waals surface area contributed by atoms with E-state index in [0.29, 0.717) is 18.0 Å². The zero-order valence-electron chi connectivity index (χ0n) is 14.3. The lowest BCUT2D eigenvalue weighted by Crippen LogP contribution is -2.57. The lowest BCUT2D eigenvalue weighted by Gasteiger charge is -2.41. The Balaban J connectivity index is 2.37. The molecule has 2 unspecified atom stereocenters. The fourth-order valence-electron chi connectivity index (χ4n) is 3.05.